The van der Waals surface area contributed by atoms with Crippen molar-refractivity contribution >= 4 is 11.6 Å². The molecule has 0 bridgehead atoms. The summed E-state index contributed by atoms with van der Waals surface area (Å²) in [6.07, 6.45) is 7.87. The van der Waals surface area contributed by atoms with Crippen molar-refractivity contribution in [1.29, 1.82) is 0 Å². The molecule has 2 aromatic rings. The molecular formula is C15H17ClN2O. The largest absolute Gasteiger partial charge is 0.452 e. The molecule has 0 N–H and O–H groups in total. The fraction of sp³-hybridized carbons (Fsp3) is 0.400. The molecule has 0 amide bonds. The van der Waals surface area contributed by atoms with E-state index in [-0.39, 0.29) is 0 Å². The first kappa shape index (κ1) is 12.5. The number of rotatable bonds is 3. The highest BCUT2D eigenvalue weighted by molar-refractivity contribution is 6.31. The molecule has 0 radical (unpaired) electrons. The van der Waals surface area contributed by atoms with Crippen LogP contribution in [0, 0.1) is 0 Å². The molecular weight excluding hydrogens is 260 g/mol. The van der Waals surface area contributed by atoms with Crippen LogP contribution >= 0.6 is 11.6 Å². The van der Waals surface area contributed by atoms with Crippen LogP contribution in [0.3, 0.4) is 0 Å². The topological polar surface area (TPSA) is 27.1 Å². The van der Waals surface area contributed by atoms with E-state index in [1.165, 1.54) is 19.3 Å². The van der Waals surface area contributed by atoms with Crippen LogP contribution in [0.1, 0.15) is 38.1 Å². The second-order valence-electron chi connectivity index (χ2n) is 4.95. The maximum absolute atomic E-state index is 6.38. The minimum Gasteiger partial charge on any atom is -0.452 e. The predicted molar refractivity (Wildman–Crippen MR) is 75.9 cm³/mol. The zero-order chi connectivity index (χ0) is 13.1. The zero-order valence-corrected chi connectivity index (χ0v) is 11.5. The Morgan fingerprint density at radius 3 is 2.58 bits per heavy atom. The van der Waals surface area contributed by atoms with E-state index < -0.39 is 0 Å². The first-order chi connectivity index (χ1) is 9.34. The van der Waals surface area contributed by atoms with E-state index in [0.717, 1.165) is 18.6 Å². The Bertz CT molecular complexity index is 532. The highest BCUT2D eigenvalue weighted by Gasteiger charge is 2.20. The van der Waals surface area contributed by atoms with Gasteiger partial charge in [0.15, 0.2) is 10.9 Å². The van der Waals surface area contributed by atoms with Crippen molar-refractivity contribution in [3.63, 3.8) is 0 Å². The molecule has 1 aliphatic rings. The third-order valence-corrected chi connectivity index (χ3v) is 3.95. The maximum atomic E-state index is 6.38. The molecule has 1 aromatic carbocycles. The SMILES string of the molecule is Clc1c(Oc2ccccc2)cnn1C1CCCCC1. The number of nitrogens with zero attached hydrogens (tertiary/aromatic N) is 2. The number of hydrogen-bond acceptors (Lipinski definition) is 2. The molecule has 0 unspecified atom stereocenters. The Labute approximate surface area is 118 Å². The highest BCUT2D eigenvalue weighted by Crippen LogP contribution is 2.35. The van der Waals surface area contributed by atoms with Crippen LogP contribution in [0.15, 0.2) is 36.5 Å². The molecule has 1 aromatic heterocycles. The molecule has 1 heterocycles. The summed E-state index contributed by atoms with van der Waals surface area (Å²) in [4.78, 5) is 0. The Kier molecular flexibility index (Phi) is 3.74. The van der Waals surface area contributed by atoms with Gasteiger partial charge < -0.3 is 4.74 Å². The van der Waals surface area contributed by atoms with Gasteiger partial charge in [0, 0.05) is 0 Å². The second-order valence-corrected chi connectivity index (χ2v) is 5.31. The number of aromatic nitrogens is 2. The van der Waals surface area contributed by atoms with Crippen molar-refractivity contribution in [3.05, 3.63) is 41.7 Å². The summed E-state index contributed by atoms with van der Waals surface area (Å²) < 4.78 is 7.68. The van der Waals surface area contributed by atoms with E-state index in [9.17, 15) is 0 Å². The number of para-hydroxylation sites is 1. The van der Waals surface area contributed by atoms with Gasteiger partial charge in [0.25, 0.3) is 0 Å². The minimum absolute atomic E-state index is 0.425. The van der Waals surface area contributed by atoms with Gasteiger partial charge in [-0.1, -0.05) is 49.1 Å². The molecule has 0 atom stereocenters. The first-order valence-electron chi connectivity index (χ1n) is 6.80. The Morgan fingerprint density at radius 1 is 1.11 bits per heavy atom. The summed E-state index contributed by atoms with van der Waals surface area (Å²) in [5.41, 5.74) is 0. The number of ether oxygens (including phenoxy) is 1. The van der Waals surface area contributed by atoms with Crippen LogP contribution in [0.5, 0.6) is 11.5 Å². The van der Waals surface area contributed by atoms with Crippen molar-refractivity contribution in [1.82, 2.24) is 9.78 Å². The second kappa shape index (κ2) is 5.66. The van der Waals surface area contributed by atoms with E-state index in [1.54, 1.807) is 6.20 Å². The molecule has 0 aliphatic heterocycles. The number of halogens is 1. The maximum Gasteiger partial charge on any atom is 0.184 e. The minimum atomic E-state index is 0.425. The molecule has 1 aliphatic carbocycles. The average molecular weight is 277 g/mol. The van der Waals surface area contributed by atoms with Crippen LogP contribution in [-0.2, 0) is 0 Å². The van der Waals surface area contributed by atoms with Gasteiger partial charge >= 0.3 is 0 Å². The lowest BCUT2D eigenvalue weighted by Crippen LogP contribution is -2.14. The summed E-state index contributed by atoms with van der Waals surface area (Å²) >= 11 is 6.38. The lowest BCUT2D eigenvalue weighted by atomic mass is 9.96. The average Bonchev–Trinajstić information content (AvgIpc) is 2.82. The van der Waals surface area contributed by atoms with Crippen molar-refractivity contribution in [2.24, 2.45) is 0 Å². The summed E-state index contributed by atoms with van der Waals surface area (Å²) in [5.74, 6) is 1.42. The number of benzene rings is 1. The molecule has 100 valence electrons. The normalized spacial score (nSPS) is 16.5. The fourth-order valence-electron chi connectivity index (χ4n) is 2.60. The first-order valence-corrected chi connectivity index (χ1v) is 7.18. The van der Waals surface area contributed by atoms with Gasteiger partial charge in [0.05, 0.1) is 12.2 Å². The Morgan fingerprint density at radius 2 is 1.84 bits per heavy atom. The van der Waals surface area contributed by atoms with E-state index in [0.29, 0.717) is 16.9 Å². The monoisotopic (exact) mass is 276 g/mol. The Balaban J connectivity index is 1.78. The zero-order valence-electron chi connectivity index (χ0n) is 10.8. The molecule has 1 saturated carbocycles. The van der Waals surface area contributed by atoms with Crippen LogP contribution in [0.25, 0.3) is 0 Å². The quantitative estimate of drug-likeness (QED) is 0.802. The third-order valence-electron chi connectivity index (χ3n) is 3.60. The van der Waals surface area contributed by atoms with Crippen LogP contribution < -0.4 is 4.74 Å². The highest BCUT2D eigenvalue weighted by atomic mass is 35.5. The standard InChI is InChI=1S/C15H17ClN2O/c16-15-14(19-13-9-5-2-6-10-13)11-17-18(15)12-7-3-1-4-8-12/h2,5-6,9-12H,1,3-4,7-8H2. The molecule has 4 heteroatoms. The van der Waals surface area contributed by atoms with Gasteiger partial charge in [-0.05, 0) is 25.0 Å². The van der Waals surface area contributed by atoms with Gasteiger partial charge in [0.1, 0.15) is 5.75 Å². The predicted octanol–water partition coefficient (Wildman–Crippen LogP) is 4.83. The van der Waals surface area contributed by atoms with Gasteiger partial charge in [-0.25, -0.2) is 4.68 Å². The summed E-state index contributed by atoms with van der Waals surface area (Å²) in [6.45, 7) is 0. The molecule has 0 spiro atoms. The smallest absolute Gasteiger partial charge is 0.184 e. The van der Waals surface area contributed by atoms with Gasteiger partial charge in [-0.3, -0.25) is 0 Å². The van der Waals surface area contributed by atoms with E-state index >= 15 is 0 Å². The summed E-state index contributed by atoms with van der Waals surface area (Å²) in [7, 11) is 0. The van der Waals surface area contributed by atoms with Crippen LogP contribution in [-0.4, -0.2) is 9.78 Å². The van der Waals surface area contributed by atoms with Gasteiger partial charge in [-0.15, -0.1) is 0 Å². The van der Waals surface area contributed by atoms with Crippen LogP contribution in [0.4, 0.5) is 0 Å². The van der Waals surface area contributed by atoms with Crippen molar-refractivity contribution in [2.75, 3.05) is 0 Å². The molecule has 1 fully saturated rings. The van der Waals surface area contributed by atoms with E-state index in [2.05, 4.69) is 5.10 Å². The van der Waals surface area contributed by atoms with Crippen LogP contribution in [0.2, 0.25) is 5.15 Å². The van der Waals surface area contributed by atoms with Crippen molar-refractivity contribution < 1.29 is 4.74 Å². The summed E-state index contributed by atoms with van der Waals surface area (Å²) in [6, 6.07) is 10.1. The third kappa shape index (κ3) is 2.76. The summed E-state index contributed by atoms with van der Waals surface area (Å²) in [5, 5.41) is 5.00. The molecule has 0 saturated heterocycles. The van der Waals surface area contributed by atoms with Crippen molar-refractivity contribution in [3.8, 4) is 11.5 Å². The van der Waals surface area contributed by atoms with Gasteiger partial charge in [-0.2, -0.15) is 5.10 Å². The molecule has 3 nitrogen and oxygen atoms in total. The van der Waals surface area contributed by atoms with Gasteiger partial charge in [0.2, 0.25) is 0 Å². The van der Waals surface area contributed by atoms with Crippen molar-refractivity contribution in [2.45, 2.75) is 38.1 Å². The number of hydrogen-bond donors (Lipinski definition) is 0. The molecule has 19 heavy (non-hydrogen) atoms. The molecule has 3 rings (SSSR count). The lowest BCUT2D eigenvalue weighted by Gasteiger charge is -2.22. The Hall–Kier alpha value is -1.48. The van der Waals surface area contributed by atoms with E-state index in [4.69, 9.17) is 16.3 Å². The lowest BCUT2D eigenvalue weighted by molar-refractivity contribution is 0.329. The fourth-order valence-corrected chi connectivity index (χ4v) is 2.86. The van der Waals surface area contributed by atoms with E-state index in [1.807, 2.05) is 35.0 Å².